The van der Waals surface area contributed by atoms with Crippen LogP contribution in [0.1, 0.15) is 40.9 Å². The van der Waals surface area contributed by atoms with Crippen molar-refractivity contribution in [1.82, 2.24) is 14.7 Å². The maximum Gasteiger partial charge on any atom is 0.416 e. The standard InChI is InChI=1S/C30H26F6N4O2/c1-18(2)39(28(42)21-13-22(29(31,32)33)15-23(14-21)30(34,35)36)17-27(41)37-26-16-25(20-7-5-4-6-8-20)38-40(26)24-11-9-19(3)10-12-24/h4-16,18H,17H2,1-3H3,(H,37,41). The number of alkyl halides is 6. The highest BCUT2D eigenvalue weighted by atomic mass is 19.4. The van der Waals surface area contributed by atoms with E-state index in [1.54, 1.807) is 18.2 Å². The van der Waals surface area contributed by atoms with Crippen molar-refractivity contribution in [2.24, 2.45) is 0 Å². The molecule has 2 amide bonds. The van der Waals surface area contributed by atoms with Crippen molar-refractivity contribution in [3.05, 3.63) is 101 Å². The summed E-state index contributed by atoms with van der Waals surface area (Å²) in [5.74, 6) is -1.64. The van der Waals surface area contributed by atoms with E-state index in [9.17, 15) is 35.9 Å². The Morgan fingerprint density at radius 3 is 1.95 bits per heavy atom. The molecule has 0 fully saturated rings. The summed E-state index contributed by atoms with van der Waals surface area (Å²) in [6.45, 7) is 4.25. The number of benzene rings is 3. The number of carbonyl (C=O) groups is 2. The number of carbonyl (C=O) groups excluding carboxylic acids is 2. The van der Waals surface area contributed by atoms with Gasteiger partial charge in [-0.1, -0.05) is 48.0 Å². The minimum Gasteiger partial charge on any atom is -0.327 e. The van der Waals surface area contributed by atoms with Gasteiger partial charge in [-0.2, -0.15) is 31.4 Å². The molecule has 0 saturated heterocycles. The van der Waals surface area contributed by atoms with Crippen molar-refractivity contribution in [2.75, 3.05) is 11.9 Å². The number of hydrogen-bond donors (Lipinski definition) is 1. The van der Waals surface area contributed by atoms with Gasteiger partial charge in [0.2, 0.25) is 5.91 Å². The molecular weight excluding hydrogens is 562 g/mol. The first-order valence-corrected chi connectivity index (χ1v) is 12.8. The Bertz CT molecular complexity index is 1540. The zero-order valence-electron chi connectivity index (χ0n) is 22.7. The molecule has 0 aliphatic heterocycles. The fraction of sp³-hybridized carbons (Fsp3) is 0.233. The average molecular weight is 589 g/mol. The molecular formula is C30H26F6N4O2. The van der Waals surface area contributed by atoms with Gasteiger partial charge in [-0.15, -0.1) is 0 Å². The van der Waals surface area contributed by atoms with Gasteiger partial charge in [-0.05, 0) is 51.1 Å². The van der Waals surface area contributed by atoms with Crippen LogP contribution in [0.3, 0.4) is 0 Å². The Balaban J connectivity index is 1.65. The molecule has 220 valence electrons. The number of halogens is 6. The summed E-state index contributed by atoms with van der Waals surface area (Å²) < 4.78 is 81.7. The lowest BCUT2D eigenvalue weighted by atomic mass is 10.0. The molecule has 3 aromatic carbocycles. The molecule has 0 bridgehead atoms. The van der Waals surface area contributed by atoms with Crippen molar-refractivity contribution in [3.63, 3.8) is 0 Å². The molecule has 0 aliphatic rings. The van der Waals surface area contributed by atoms with E-state index < -0.39 is 53.4 Å². The minimum atomic E-state index is -5.12. The number of nitrogens with one attached hydrogen (secondary N) is 1. The molecule has 0 unspecified atom stereocenters. The number of nitrogens with zero attached hydrogens (tertiary/aromatic N) is 3. The maximum atomic E-state index is 13.4. The van der Waals surface area contributed by atoms with Gasteiger partial charge >= 0.3 is 12.4 Å². The fourth-order valence-electron chi connectivity index (χ4n) is 4.17. The van der Waals surface area contributed by atoms with Crippen molar-refractivity contribution >= 4 is 17.6 Å². The zero-order valence-corrected chi connectivity index (χ0v) is 22.7. The summed E-state index contributed by atoms with van der Waals surface area (Å²) in [6.07, 6.45) is -10.2. The SMILES string of the molecule is Cc1ccc(-n2nc(-c3ccccc3)cc2NC(=O)CN(C(=O)c2cc(C(F)(F)F)cc(C(F)(F)F)c2)C(C)C)cc1. The molecule has 12 heteroatoms. The second-order valence-corrected chi connectivity index (χ2v) is 9.90. The summed E-state index contributed by atoms with van der Waals surface area (Å²) in [7, 11) is 0. The van der Waals surface area contributed by atoms with E-state index >= 15 is 0 Å². The number of aryl methyl sites for hydroxylation is 1. The van der Waals surface area contributed by atoms with Crippen LogP contribution in [-0.2, 0) is 17.1 Å². The smallest absolute Gasteiger partial charge is 0.327 e. The monoisotopic (exact) mass is 588 g/mol. The van der Waals surface area contributed by atoms with Crippen LogP contribution in [0.5, 0.6) is 0 Å². The van der Waals surface area contributed by atoms with Crippen molar-refractivity contribution in [2.45, 2.75) is 39.2 Å². The number of anilines is 1. The van der Waals surface area contributed by atoms with E-state index in [1.165, 1.54) is 18.5 Å². The van der Waals surface area contributed by atoms with E-state index in [0.29, 0.717) is 23.5 Å². The first-order valence-electron chi connectivity index (χ1n) is 12.8. The highest BCUT2D eigenvalue weighted by molar-refractivity contribution is 5.99. The zero-order chi connectivity index (χ0) is 30.8. The van der Waals surface area contributed by atoms with Crippen LogP contribution < -0.4 is 5.32 Å². The van der Waals surface area contributed by atoms with Gasteiger partial charge in [0, 0.05) is 23.2 Å². The molecule has 42 heavy (non-hydrogen) atoms. The number of rotatable bonds is 7. The van der Waals surface area contributed by atoms with Crippen molar-refractivity contribution in [1.29, 1.82) is 0 Å². The fourth-order valence-corrected chi connectivity index (χ4v) is 4.17. The van der Waals surface area contributed by atoms with E-state index in [2.05, 4.69) is 10.4 Å². The second kappa shape index (κ2) is 11.7. The molecule has 1 N–H and O–H groups in total. The Morgan fingerprint density at radius 2 is 1.43 bits per heavy atom. The molecule has 1 aromatic heterocycles. The van der Waals surface area contributed by atoms with E-state index in [0.717, 1.165) is 16.0 Å². The third-order valence-corrected chi connectivity index (χ3v) is 6.36. The molecule has 0 spiro atoms. The van der Waals surface area contributed by atoms with Gasteiger partial charge < -0.3 is 10.2 Å². The largest absolute Gasteiger partial charge is 0.416 e. The normalized spacial score (nSPS) is 12.0. The topological polar surface area (TPSA) is 67.2 Å². The predicted octanol–water partition coefficient (Wildman–Crippen LogP) is 7.37. The van der Waals surface area contributed by atoms with Crippen LogP contribution >= 0.6 is 0 Å². The Labute approximate surface area is 237 Å². The van der Waals surface area contributed by atoms with Crippen LogP contribution in [-0.4, -0.2) is 39.1 Å². The second-order valence-electron chi connectivity index (χ2n) is 9.90. The van der Waals surface area contributed by atoms with Gasteiger partial charge in [0.05, 0.1) is 22.5 Å². The lowest BCUT2D eigenvalue weighted by molar-refractivity contribution is -0.143. The highest BCUT2D eigenvalue weighted by Crippen LogP contribution is 2.36. The van der Waals surface area contributed by atoms with Crippen LogP contribution in [0.4, 0.5) is 32.2 Å². The minimum absolute atomic E-state index is 0.0558. The highest BCUT2D eigenvalue weighted by Gasteiger charge is 2.38. The molecule has 0 aliphatic carbocycles. The summed E-state index contributed by atoms with van der Waals surface area (Å²) in [6, 6.07) is 18.0. The van der Waals surface area contributed by atoms with E-state index in [1.807, 2.05) is 49.4 Å². The van der Waals surface area contributed by atoms with Gasteiger partial charge in [-0.3, -0.25) is 9.59 Å². The average Bonchev–Trinajstić information content (AvgIpc) is 3.34. The van der Waals surface area contributed by atoms with Crippen LogP contribution in [0.15, 0.2) is 78.9 Å². The molecule has 0 saturated carbocycles. The molecule has 4 aromatic rings. The lowest BCUT2D eigenvalue weighted by Gasteiger charge is -2.27. The van der Waals surface area contributed by atoms with E-state index in [4.69, 9.17) is 0 Å². The molecule has 0 radical (unpaired) electrons. The van der Waals surface area contributed by atoms with E-state index in [-0.39, 0.29) is 11.9 Å². The number of hydrogen-bond acceptors (Lipinski definition) is 3. The molecule has 6 nitrogen and oxygen atoms in total. The third kappa shape index (κ3) is 6.99. The van der Waals surface area contributed by atoms with Gasteiger partial charge in [0.25, 0.3) is 5.91 Å². The molecule has 4 rings (SSSR count). The van der Waals surface area contributed by atoms with Gasteiger partial charge in [-0.25, -0.2) is 4.68 Å². The predicted molar refractivity (Wildman–Crippen MR) is 145 cm³/mol. The summed E-state index contributed by atoms with van der Waals surface area (Å²) in [5.41, 5.74) is -1.16. The molecule has 0 atom stereocenters. The maximum absolute atomic E-state index is 13.4. The van der Waals surface area contributed by atoms with Gasteiger partial charge in [0.15, 0.2) is 0 Å². The Morgan fingerprint density at radius 1 is 0.857 bits per heavy atom. The van der Waals surface area contributed by atoms with Crippen LogP contribution in [0, 0.1) is 6.92 Å². The van der Waals surface area contributed by atoms with Gasteiger partial charge in [0.1, 0.15) is 12.4 Å². The summed E-state index contributed by atoms with van der Waals surface area (Å²) in [4.78, 5) is 27.3. The van der Waals surface area contributed by atoms with Crippen molar-refractivity contribution < 1.29 is 35.9 Å². The quantitative estimate of drug-likeness (QED) is 0.229. The molecule has 1 heterocycles. The Kier molecular flexibility index (Phi) is 8.46. The lowest BCUT2D eigenvalue weighted by Crippen LogP contribution is -2.42. The van der Waals surface area contributed by atoms with Crippen LogP contribution in [0.2, 0.25) is 0 Å². The summed E-state index contributed by atoms with van der Waals surface area (Å²) >= 11 is 0. The number of amides is 2. The Hall–Kier alpha value is -4.61. The third-order valence-electron chi connectivity index (χ3n) is 6.36. The first kappa shape index (κ1) is 30.4. The first-order chi connectivity index (χ1) is 19.6. The van der Waals surface area contributed by atoms with Crippen LogP contribution in [0.25, 0.3) is 16.9 Å². The van der Waals surface area contributed by atoms with Crippen molar-refractivity contribution in [3.8, 4) is 16.9 Å². The number of aromatic nitrogens is 2. The summed E-state index contributed by atoms with van der Waals surface area (Å²) in [5, 5.41) is 7.29.